The number of hydrogen-bond acceptors (Lipinski definition) is 6. The van der Waals surface area contributed by atoms with Crippen LogP contribution in [-0.4, -0.2) is 37.2 Å². The fourth-order valence-electron chi connectivity index (χ4n) is 6.88. The van der Waals surface area contributed by atoms with Gasteiger partial charge in [0.2, 0.25) is 0 Å². The third-order valence-electron chi connectivity index (χ3n) is 10.4. The molecule has 0 amide bonds. The van der Waals surface area contributed by atoms with Crippen molar-refractivity contribution in [3.8, 4) is 0 Å². The van der Waals surface area contributed by atoms with Crippen LogP contribution in [0.1, 0.15) is 247 Å². The smallest absolute Gasteiger partial charge is 0.306 e. The number of carbonyl (C=O) groups excluding carboxylic acids is 3. The zero-order chi connectivity index (χ0) is 39.2. The van der Waals surface area contributed by atoms with Crippen molar-refractivity contribution in [2.75, 3.05) is 13.2 Å². The summed E-state index contributed by atoms with van der Waals surface area (Å²) in [5.74, 6) is 1.50. The van der Waals surface area contributed by atoms with Gasteiger partial charge < -0.3 is 14.2 Å². The lowest BCUT2D eigenvalue weighted by Gasteiger charge is -2.18. The molecule has 0 fully saturated rings. The van der Waals surface area contributed by atoms with E-state index in [1.54, 1.807) is 0 Å². The first kappa shape index (κ1) is 51.4. The largest absolute Gasteiger partial charge is 0.462 e. The molecular formula is C47H90O6. The molecule has 0 saturated heterocycles. The van der Waals surface area contributed by atoms with E-state index in [9.17, 15) is 14.4 Å². The quantitative estimate of drug-likeness (QED) is 0.0352. The average molecular weight is 751 g/mol. The topological polar surface area (TPSA) is 78.9 Å². The summed E-state index contributed by atoms with van der Waals surface area (Å²) < 4.78 is 16.7. The molecule has 6 heteroatoms. The molecule has 0 aliphatic carbocycles. The molecule has 0 aromatic carbocycles. The van der Waals surface area contributed by atoms with Crippen molar-refractivity contribution < 1.29 is 28.6 Å². The predicted molar refractivity (Wildman–Crippen MR) is 224 cm³/mol. The van der Waals surface area contributed by atoms with Crippen LogP contribution in [0.3, 0.4) is 0 Å². The van der Waals surface area contributed by atoms with Crippen molar-refractivity contribution in [1.82, 2.24) is 0 Å². The summed E-state index contributed by atoms with van der Waals surface area (Å²) >= 11 is 0. The number of carbonyl (C=O) groups is 3. The van der Waals surface area contributed by atoms with Crippen LogP contribution in [0.2, 0.25) is 0 Å². The second kappa shape index (κ2) is 38.7. The van der Waals surface area contributed by atoms with Crippen molar-refractivity contribution in [1.29, 1.82) is 0 Å². The molecule has 6 nitrogen and oxygen atoms in total. The Morgan fingerprint density at radius 2 is 0.547 bits per heavy atom. The van der Waals surface area contributed by atoms with E-state index in [0.29, 0.717) is 19.3 Å². The summed E-state index contributed by atoms with van der Waals surface area (Å²) in [6, 6.07) is 0. The summed E-state index contributed by atoms with van der Waals surface area (Å²) in [7, 11) is 0. The van der Waals surface area contributed by atoms with Crippen LogP contribution < -0.4 is 0 Å². The Morgan fingerprint density at radius 3 is 0.811 bits per heavy atom. The number of hydrogen-bond donors (Lipinski definition) is 0. The Labute approximate surface area is 329 Å². The molecule has 0 spiro atoms. The number of esters is 3. The van der Waals surface area contributed by atoms with E-state index >= 15 is 0 Å². The first-order valence-electron chi connectivity index (χ1n) is 23.1. The van der Waals surface area contributed by atoms with Gasteiger partial charge in [0.05, 0.1) is 0 Å². The third kappa shape index (κ3) is 41.4. The van der Waals surface area contributed by atoms with Crippen LogP contribution in [-0.2, 0) is 28.6 Å². The number of ether oxygens (including phenoxy) is 3. The molecule has 0 radical (unpaired) electrons. The van der Waals surface area contributed by atoms with E-state index < -0.39 is 6.10 Å². The van der Waals surface area contributed by atoms with Gasteiger partial charge in [-0.3, -0.25) is 14.4 Å². The fraction of sp³-hybridized carbons (Fsp3) is 0.936. The first-order chi connectivity index (χ1) is 25.6. The third-order valence-corrected chi connectivity index (χ3v) is 10.4. The maximum absolute atomic E-state index is 12.7. The van der Waals surface area contributed by atoms with Crippen molar-refractivity contribution in [3.63, 3.8) is 0 Å². The average Bonchev–Trinajstić information content (AvgIpc) is 3.11. The lowest BCUT2D eigenvalue weighted by Crippen LogP contribution is -2.30. The highest BCUT2D eigenvalue weighted by Crippen LogP contribution is 2.17. The highest BCUT2D eigenvalue weighted by atomic mass is 16.6. The molecule has 0 unspecified atom stereocenters. The maximum atomic E-state index is 12.7. The van der Waals surface area contributed by atoms with Crippen LogP contribution in [0.5, 0.6) is 0 Å². The van der Waals surface area contributed by atoms with Gasteiger partial charge in [0.15, 0.2) is 6.10 Å². The summed E-state index contributed by atoms with van der Waals surface area (Å²) in [4.78, 5) is 37.6. The SMILES string of the molecule is CC(C)CCCCCCCCCCCCCCCCC(=O)OC[C@@H](COC(=O)CCCCCCCCC(C)C)OC(=O)CCCCCCCCC(C)C. The first-order valence-corrected chi connectivity index (χ1v) is 23.1. The van der Waals surface area contributed by atoms with Crippen molar-refractivity contribution >= 4 is 17.9 Å². The molecule has 0 aliphatic rings. The van der Waals surface area contributed by atoms with Gasteiger partial charge >= 0.3 is 17.9 Å². The second-order valence-electron chi connectivity index (χ2n) is 17.5. The van der Waals surface area contributed by atoms with Gasteiger partial charge in [-0.05, 0) is 37.0 Å². The van der Waals surface area contributed by atoms with E-state index in [2.05, 4.69) is 41.5 Å². The maximum Gasteiger partial charge on any atom is 0.306 e. The molecule has 0 heterocycles. The van der Waals surface area contributed by atoms with Crippen LogP contribution in [0.25, 0.3) is 0 Å². The minimum absolute atomic E-state index is 0.0672. The van der Waals surface area contributed by atoms with Crippen LogP contribution >= 0.6 is 0 Å². The van der Waals surface area contributed by atoms with Crippen molar-refractivity contribution in [2.24, 2.45) is 17.8 Å². The van der Waals surface area contributed by atoms with E-state index in [1.807, 2.05) is 0 Å². The molecule has 1 atom stereocenters. The Balaban J connectivity index is 4.24. The zero-order valence-corrected chi connectivity index (χ0v) is 36.3. The Kier molecular flexibility index (Phi) is 37.5. The van der Waals surface area contributed by atoms with Crippen molar-refractivity contribution in [3.05, 3.63) is 0 Å². The summed E-state index contributed by atoms with van der Waals surface area (Å²) in [5, 5.41) is 0. The molecule has 53 heavy (non-hydrogen) atoms. The highest BCUT2D eigenvalue weighted by molar-refractivity contribution is 5.71. The fourth-order valence-corrected chi connectivity index (χ4v) is 6.88. The van der Waals surface area contributed by atoms with Crippen LogP contribution in [0, 0.1) is 17.8 Å². The summed E-state index contributed by atoms with van der Waals surface area (Å²) in [5.41, 5.74) is 0. The number of rotatable bonds is 40. The predicted octanol–water partition coefficient (Wildman–Crippen LogP) is 14.4. The van der Waals surface area contributed by atoms with Gasteiger partial charge in [-0.2, -0.15) is 0 Å². The summed E-state index contributed by atoms with van der Waals surface area (Å²) in [6.45, 7) is 13.6. The monoisotopic (exact) mass is 751 g/mol. The van der Waals surface area contributed by atoms with E-state index in [4.69, 9.17) is 14.2 Å². The van der Waals surface area contributed by atoms with Gasteiger partial charge in [0, 0.05) is 19.3 Å². The molecule has 0 bridgehead atoms. The molecule has 0 aromatic heterocycles. The van der Waals surface area contributed by atoms with E-state index in [1.165, 1.54) is 128 Å². The molecule has 0 rings (SSSR count). The Hall–Kier alpha value is -1.59. The zero-order valence-electron chi connectivity index (χ0n) is 36.3. The molecule has 314 valence electrons. The minimum atomic E-state index is -0.762. The van der Waals surface area contributed by atoms with Crippen LogP contribution in [0.15, 0.2) is 0 Å². The Bertz CT molecular complexity index is 822. The standard InChI is InChI=1S/C47H90O6/c1-41(2)33-27-21-15-13-11-9-7-8-10-12-14-16-24-30-36-45(48)51-39-44(53-47(50)38-32-26-20-18-23-29-35-43(5)6)40-52-46(49)37-31-25-19-17-22-28-34-42(3)4/h41-44H,7-40H2,1-6H3/t44-/m0/s1. The number of unbranched alkanes of at least 4 members (excludes halogenated alkanes) is 23. The van der Waals surface area contributed by atoms with Gasteiger partial charge in [-0.25, -0.2) is 0 Å². The molecule has 0 N–H and O–H groups in total. The van der Waals surface area contributed by atoms with Gasteiger partial charge in [-0.15, -0.1) is 0 Å². The van der Waals surface area contributed by atoms with Crippen molar-refractivity contribution in [2.45, 2.75) is 253 Å². The lowest BCUT2D eigenvalue weighted by molar-refractivity contribution is -0.167. The lowest BCUT2D eigenvalue weighted by atomic mass is 10.0. The molecular weight excluding hydrogens is 661 g/mol. The van der Waals surface area contributed by atoms with Crippen LogP contribution in [0.4, 0.5) is 0 Å². The minimum Gasteiger partial charge on any atom is -0.462 e. The molecule has 0 aliphatic heterocycles. The van der Waals surface area contributed by atoms with Gasteiger partial charge in [0.25, 0.3) is 0 Å². The van der Waals surface area contributed by atoms with E-state index in [-0.39, 0.29) is 31.1 Å². The van der Waals surface area contributed by atoms with Gasteiger partial charge in [-0.1, -0.05) is 208 Å². The normalized spacial score (nSPS) is 12.2. The Morgan fingerprint density at radius 1 is 0.321 bits per heavy atom. The molecule has 0 aromatic rings. The second-order valence-corrected chi connectivity index (χ2v) is 17.5. The van der Waals surface area contributed by atoms with E-state index in [0.717, 1.165) is 75.5 Å². The molecule has 0 saturated carbocycles. The highest BCUT2D eigenvalue weighted by Gasteiger charge is 2.19. The summed E-state index contributed by atoms with van der Waals surface area (Å²) in [6.07, 6.45) is 35.5. The van der Waals surface area contributed by atoms with Gasteiger partial charge in [0.1, 0.15) is 13.2 Å².